The smallest absolute Gasteiger partial charge is 0.178 e. The Balaban J connectivity index is 2.33. The van der Waals surface area contributed by atoms with Crippen molar-refractivity contribution in [1.29, 1.82) is 0 Å². The maximum absolute atomic E-state index is 13.1. The lowest BCUT2D eigenvalue weighted by Gasteiger charge is -2.10. The molecule has 0 bridgehead atoms. The van der Waals surface area contributed by atoms with Crippen LogP contribution in [-0.4, -0.2) is 10.2 Å². The summed E-state index contributed by atoms with van der Waals surface area (Å²) in [5.41, 5.74) is 8.26. The van der Waals surface area contributed by atoms with E-state index in [1.54, 1.807) is 11.6 Å². The quantitative estimate of drug-likeness (QED) is 0.916. The van der Waals surface area contributed by atoms with Crippen LogP contribution in [0.15, 0.2) is 32.9 Å². The minimum atomic E-state index is -0.270. The summed E-state index contributed by atoms with van der Waals surface area (Å²) in [5.74, 6) is -0.270. The molecule has 0 aliphatic rings. The molecule has 0 radical (unpaired) electrons. The summed E-state index contributed by atoms with van der Waals surface area (Å²) in [7, 11) is 0. The van der Waals surface area contributed by atoms with Crippen LogP contribution in [0.2, 0.25) is 0 Å². The molecule has 0 saturated carbocycles. The van der Waals surface area contributed by atoms with E-state index in [9.17, 15) is 4.39 Å². The lowest BCUT2D eigenvalue weighted by atomic mass is 10.1. The van der Waals surface area contributed by atoms with E-state index in [1.807, 2.05) is 6.92 Å². The Morgan fingerprint density at radius 2 is 2.31 bits per heavy atom. The van der Waals surface area contributed by atoms with E-state index < -0.39 is 0 Å². The predicted molar refractivity (Wildman–Crippen MR) is 63.0 cm³/mol. The van der Waals surface area contributed by atoms with Crippen molar-refractivity contribution in [3.05, 3.63) is 35.1 Å². The Bertz CT molecular complexity index is 471. The molecular weight excluding hydrogens is 245 g/mol. The Labute approximate surface area is 101 Å². The Morgan fingerprint density at radius 3 is 2.94 bits per heavy atom. The molecule has 6 heteroatoms. The van der Waals surface area contributed by atoms with Gasteiger partial charge in [0.1, 0.15) is 11.3 Å². The molecule has 0 spiro atoms. The molecule has 1 aromatic carbocycles. The van der Waals surface area contributed by atoms with Crippen molar-refractivity contribution in [3.63, 3.8) is 0 Å². The van der Waals surface area contributed by atoms with Gasteiger partial charge in [0, 0.05) is 10.9 Å². The summed E-state index contributed by atoms with van der Waals surface area (Å²) in [6, 6.07) is 4.41. The number of aromatic nitrogens is 2. The van der Waals surface area contributed by atoms with Crippen LogP contribution in [0.25, 0.3) is 0 Å². The first-order chi connectivity index (χ1) is 7.66. The fraction of sp³-hybridized carbons (Fsp3) is 0.200. The molecule has 2 N–H and O–H groups in total. The summed E-state index contributed by atoms with van der Waals surface area (Å²) in [6.45, 7) is 1.83. The van der Waals surface area contributed by atoms with Crippen LogP contribution in [0, 0.1) is 5.82 Å². The third kappa shape index (κ3) is 2.58. The number of hydrogen-bond donors (Lipinski definition) is 1. The molecule has 1 heterocycles. The highest BCUT2D eigenvalue weighted by Gasteiger charge is 2.11. The summed E-state index contributed by atoms with van der Waals surface area (Å²) in [5, 5.41) is 7.68. The Morgan fingerprint density at radius 1 is 1.50 bits per heavy atom. The van der Waals surface area contributed by atoms with E-state index in [1.165, 1.54) is 35.2 Å². The summed E-state index contributed by atoms with van der Waals surface area (Å²) >= 11 is 2.90. The second-order valence-electron chi connectivity index (χ2n) is 3.28. The number of rotatable bonds is 3. The van der Waals surface area contributed by atoms with Gasteiger partial charge in [-0.15, -0.1) is 10.2 Å². The molecule has 0 aliphatic carbocycles. The molecule has 16 heavy (non-hydrogen) atoms. The van der Waals surface area contributed by atoms with Crippen molar-refractivity contribution in [3.8, 4) is 0 Å². The van der Waals surface area contributed by atoms with Gasteiger partial charge in [0.25, 0.3) is 0 Å². The van der Waals surface area contributed by atoms with Crippen molar-refractivity contribution < 1.29 is 4.39 Å². The molecule has 2 aromatic rings. The predicted octanol–water partition coefficient (Wildman–Crippen LogP) is 2.85. The summed E-state index contributed by atoms with van der Waals surface area (Å²) < 4.78 is 13.9. The third-order valence-electron chi connectivity index (χ3n) is 2.00. The first-order valence-corrected chi connectivity index (χ1v) is 6.35. The van der Waals surface area contributed by atoms with Gasteiger partial charge in [0.2, 0.25) is 0 Å². The fourth-order valence-corrected chi connectivity index (χ4v) is 2.91. The fourth-order valence-electron chi connectivity index (χ4n) is 1.27. The van der Waals surface area contributed by atoms with Crippen LogP contribution in [-0.2, 0) is 0 Å². The molecule has 3 nitrogen and oxygen atoms in total. The van der Waals surface area contributed by atoms with Crippen LogP contribution >= 0.6 is 23.1 Å². The zero-order valence-corrected chi connectivity index (χ0v) is 10.2. The topological polar surface area (TPSA) is 51.8 Å². The number of halogens is 1. The minimum Gasteiger partial charge on any atom is -0.324 e. The molecule has 1 atom stereocenters. The van der Waals surface area contributed by atoms with Gasteiger partial charge in [-0.3, -0.25) is 0 Å². The van der Waals surface area contributed by atoms with Crippen LogP contribution in [0.4, 0.5) is 4.39 Å². The van der Waals surface area contributed by atoms with Crippen molar-refractivity contribution in [2.75, 3.05) is 0 Å². The average Bonchev–Trinajstić information content (AvgIpc) is 2.73. The molecule has 1 aromatic heterocycles. The van der Waals surface area contributed by atoms with Crippen LogP contribution in [0.3, 0.4) is 0 Å². The molecule has 0 fully saturated rings. The van der Waals surface area contributed by atoms with Crippen molar-refractivity contribution in [1.82, 2.24) is 10.2 Å². The summed E-state index contributed by atoms with van der Waals surface area (Å²) in [4.78, 5) is 0.924. The van der Waals surface area contributed by atoms with Crippen LogP contribution in [0.5, 0.6) is 0 Å². The minimum absolute atomic E-state index is 0.203. The van der Waals surface area contributed by atoms with E-state index in [0.29, 0.717) is 0 Å². The average molecular weight is 255 g/mol. The highest BCUT2D eigenvalue weighted by atomic mass is 32.2. The van der Waals surface area contributed by atoms with Crippen molar-refractivity contribution in [2.45, 2.75) is 22.2 Å². The SMILES string of the molecule is C[C@@H](N)c1cc(F)ccc1Sc1nncs1. The molecule has 0 aliphatic heterocycles. The molecule has 0 amide bonds. The Hall–Kier alpha value is -0.980. The van der Waals surface area contributed by atoms with Gasteiger partial charge >= 0.3 is 0 Å². The number of hydrogen-bond acceptors (Lipinski definition) is 5. The maximum atomic E-state index is 13.1. The van der Waals surface area contributed by atoms with Gasteiger partial charge in [-0.05, 0) is 30.7 Å². The molecule has 0 unspecified atom stereocenters. The van der Waals surface area contributed by atoms with Gasteiger partial charge in [-0.1, -0.05) is 23.1 Å². The molecule has 84 valence electrons. The number of benzene rings is 1. The van der Waals surface area contributed by atoms with Crippen LogP contribution < -0.4 is 5.73 Å². The van der Waals surface area contributed by atoms with Gasteiger partial charge < -0.3 is 5.73 Å². The Kier molecular flexibility index (Phi) is 3.52. The summed E-state index contributed by atoms with van der Waals surface area (Å²) in [6.07, 6.45) is 0. The first kappa shape index (κ1) is 11.5. The third-order valence-corrected chi connectivity index (χ3v) is 3.87. The van der Waals surface area contributed by atoms with Gasteiger partial charge in [0.05, 0.1) is 0 Å². The highest BCUT2D eigenvalue weighted by molar-refractivity contribution is 8.01. The molecular formula is C10H10FN3S2. The monoisotopic (exact) mass is 255 g/mol. The van der Waals surface area contributed by atoms with E-state index >= 15 is 0 Å². The van der Waals surface area contributed by atoms with Gasteiger partial charge in [-0.2, -0.15) is 0 Å². The maximum Gasteiger partial charge on any atom is 0.178 e. The van der Waals surface area contributed by atoms with Crippen molar-refractivity contribution in [2.24, 2.45) is 5.73 Å². The number of nitrogens with two attached hydrogens (primary N) is 1. The second-order valence-corrected chi connectivity index (χ2v) is 5.40. The van der Waals surface area contributed by atoms with E-state index in [4.69, 9.17) is 5.73 Å². The molecule has 2 rings (SSSR count). The lowest BCUT2D eigenvalue weighted by Crippen LogP contribution is -2.06. The zero-order chi connectivity index (χ0) is 11.5. The van der Waals surface area contributed by atoms with Crippen LogP contribution in [0.1, 0.15) is 18.5 Å². The van der Waals surface area contributed by atoms with E-state index in [0.717, 1.165) is 14.8 Å². The second kappa shape index (κ2) is 4.90. The normalized spacial score (nSPS) is 12.7. The largest absolute Gasteiger partial charge is 0.324 e. The zero-order valence-electron chi connectivity index (χ0n) is 8.55. The molecule has 0 saturated heterocycles. The van der Waals surface area contributed by atoms with Gasteiger partial charge in [0.15, 0.2) is 4.34 Å². The lowest BCUT2D eigenvalue weighted by molar-refractivity contribution is 0.619. The van der Waals surface area contributed by atoms with E-state index in [2.05, 4.69) is 10.2 Å². The highest BCUT2D eigenvalue weighted by Crippen LogP contribution is 2.33. The first-order valence-electron chi connectivity index (χ1n) is 4.66. The standard InChI is InChI=1S/C10H10FN3S2/c1-6(12)8-4-7(11)2-3-9(8)16-10-14-13-5-15-10/h2-6H,12H2,1H3/t6-/m1/s1. The van der Waals surface area contributed by atoms with Gasteiger partial charge in [-0.25, -0.2) is 4.39 Å². The van der Waals surface area contributed by atoms with Crippen molar-refractivity contribution >= 4 is 23.1 Å². The number of nitrogens with zero attached hydrogens (tertiary/aromatic N) is 2. The van der Waals surface area contributed by atoms with E-state index in [-0.39, 0.29) is 11.9 Å².